The van der Waals surface area contributed by atoms with Crippen molar-refractivity contribution in [2.45, 2.75) is 50.7 Å². The van der Waals surface area contributed by atoms with Gasteiger partial charge in [0.2, 0.25) is 5.91 Å². The zero-order valence-corrected chi connectivity index (χ0v) is 13.1. The van der Waals surface area contributed by atoms with Crippen LogP contribution in [0.3, 0.4) is 0 Å². The van der Waals surface area contributed by atoms with Crippen LogP contribution in [0.15, 0.2) is 0 Å². The Morgan fingerprint density at radius 3 is 2.71 bits per heavy atom. The van der Waals surface area contributed by atoms with Crippen LogP contribution in [0, 0.1) is 0 Å². The maximum absolute atomic E-state index is 12.1. The summed E-state index contributed by atoms with van der Waals surface area (Å²) in [5, 5.41) is 3.04. The Kier molecular flexibility index (Phi) is 5.49. The highest BCUT2D eigenvalue weighted by Crippen LogP contribution is 2.20. The van der Waals surface area contributed by atoms with E-state index in [1.165, 1.54) is 38.8 Å². The maximum Gasteiger partial charge on any atom is 0.234 e. The van der Waals surface area contributed by atoms with Crippen molar-refractivity contribution >= 4 is 5.91 Å². The third-order valence-electron chi connectivity index (χ3n) is 5.06. The molecule has 0 aromatic carbocycles. The molecule has 120 valence electrons. The fourth-order valence-electron chi connectivity index (χ4n) is 3.87. The Morgan fingerprint density at radius 1 is 1.10 bits per heavy atom. The summed E-state index contributed by atoms with van der Waals surface area (Å²) in [6, 6.07) is 0.673. The van der Waals surface area contributed by atoms with Crippen molar-refractivity contribution in [2.75, 3.05) is 45.9 Å². The van der Waals surface area contributed by atoms with Gasteiger partial charge in [0.15, 0.2) is 0 Å². The molecule has 3 rings (SSSR count). The Bertz CT molecular complexity index is 338. The second-order valence-corrected chi connectivity index (χ2v) is 6.71. The summed E-state index contributed by atoms with van der Waals surface area (Å²) < 4.78 is 5.54. The minimum atomic E-state index is 0.160. The molecule has 3 saturated heterocycles. The highest BCUT2D eigenvalue weighted by Gasteiger charge is 2.28. The number of carbonyl (C=O) groups excluding carboxylic acids is 1. The van der Waals surface area contributed by atoms with Gasteiger partial charge in [0.25, 0.3) is 0 Å². The summed E-state index contributed by atoms with van der Waals surface area (Å²) >= 11 is 0. The van der Waals surface area contributed by atoms with E-state index in [4.69, 9.17) is 4.74 Å². The second kappa shape index (κ2) is 7.56. The third-order valence-corrected chi connectivity index (χ3v) is 5.06. The number of nitrogens with one attached hydrogen (secondary N) is 1. The highest BCUT2D eigenvalue weighted by atomic mass is 16.5. The Morgan fingerprint density at radius 2 is 1.95 bits per heavy atom. The molecule has 5 nitrogen and oxygen atoms in total. The van der Waals surface area contributed by atoms with Crippen LogP contribution in [0.5, 0.6) is 0 Å². The first kappa shape index (κ1) is 15.3. The zero-order chi connectivity index (χ0) is 14.5. The average Bonchev–Trinajstić information content (AvgIpc) is 3.19. The fraction of sp³-hybridized carbons (Fsp3) is 0.938. The number of rotatable bonds is 5. The lowest BCUT2D eigenvalue weighted by Crippen LogP contribution is -2.50. The molecule has 1 N–H and O–H groups in total. The molecule has 0 unspecified atom stereocenters. The summed E-state index contributed by atoms with van der Waals surface area (Å²) in [5.74, 6) is 0.160. The van der Waals surface area contributed by atoms with Crippen LogP contribution < -0.4 is 5.32 Å². The maximum atomic E-state index is 12.1. The first-order valence-corrected chi connectivity index (χ1v) is 8.66. The Balaban J connectivity index is 1.38. The molecule has 1 amide bonds. The number of amides is 1. The molecule has 0 radical (unpaired) electrons. The largest absolute Gasteiger partial charge is 0.376 e. The molecule has 3 aliphatic rings. The minimum Gasteiger partial charge on any atom is -0.376 e. The molecule has 21 heavy (non-hydrogen) atoms. The molecule has 3 aliphatic heterocycles. The van der Waals surface area contributed by atoms with Gasteiger partial charge in [-0.15, -0.1) is 0 Å². The van der Waals surface area contributed by atoms with Crippen molar-refractivity contribution in [1.29, 1.82) is 0 Å². The minimum absolute atomic E-state index is 0.160. The van der Waals surface area contributed by atoms with Crippen LogP contribution in [0.4, 0.5) is 0 Å². The smallest absolute Gasteiger partial charge is 0.234 e. The van der Waals surface area contributed by atoms with Gasteiger partial charge >= 0.3 is 0 Å². The topological polar surface area (TPSA) is 44.8 Å². The second-order valence-electron chi connectivity index (χ2n) is 6.71. The van der Waals surface area contributed by atoms with Crippen LogP contribution in [0.1, 0.15) is 38.5 Å². The number of carbonyl (C=O) groups is 1. The normalized spacial score (nSPS) is 31.6. The van der Waals surface area contributed by atoms with E-state index in [9.17, 15) is 4.79 Å². The molecule has 0 bridgehead atoms. The molecule has 0 aromatic rings. The first-order valence-electron chi connectivity index (χ1n) is 8.66. The van der Waals surface area contributed by atoms with Crippen molar-refractivity contribution in [3.8, 4) is 0 Å². The van der Waals surface area contributed by atoms with Crippen molar-refractivity contribution in [2.24, 2.45) is 0 Å². The number of hydrogen-bond acceptors (Lipinski definition) is 4. The van der Waals surface area contributed by atoms with Gasteiger partial charge in [-0.05, 0) is 58.2 Å². The van der Waals surface area contributed by atoms with E-state index in [1.807, 2.05) is 0 Å². The van der Waals surface area contributed by atoms with E-state index in [1.54, 1.807) is 0 Å². The quantitative estimate of drug-likeness (QED) is 0.816. The zero-order valence-electron chi connectivity index (χ0n) is 13.1. The molecule has 0 saturated carbocycles. The van der Waals surface area contributed by atoms with Crippen molar-refractivity contribution in [3.63, 3.8) is 0 Å². The van der Waals surface area contributed by atoms with Crippen LogP contribution in [-0.2, 0) is 9.53 Å². The summed E-state index contributed by atoms with van der Waals surface area (Å²) in [6.45, 7) is 6.72. The molecule has 5 heteroatoms. The van der Waals surface area contributed by atoms with Gasteiger partial charge in [0, 0.05) is 25.7 Å². The van der Waals surface area contributed by atoms with Crippen LogP contribution in [-0.4, -0.2) is 73.7 Å². The molecule has 0 spiro atoms. The van der Waals surface area contributed by atoms with Crippen LogP contribution >= 0.6 is 0 Å². The lowest BCUT2D eigenvalue weighted by Gasteiger charge is -2.37. The van der Waals surface area contributed by atoms with Gasteiger partial charge < -0.3 is 10.1 Å². The molecule has 3 fully saturated rings. The first-order chi connectivity index (χ1) is 10.3. The van der Waals surface area contributed by atoms with Crippen LogP contribution in [0.25, 0.3) is 0 Å². The Hall–Kier alpha value is -0.650. The molecule has 3 heterocycles. The fourth-order valence-corrected chi connectivity index (χ4v) is 3.87. The van der Waals surface area contributed by atoms with Gasteiger partial charge in [-0.1, -0.05) is 0 Å². The molecule has 0 aromatic heterocycles. The van der Waals surface area contributed by atoms with Gasteiger partial charge in [-0.3, -0.25) is 14.6 Å². The van der Waals surface area contributed by atoms with Gasteiger partial charge in [0.1, 0.15) is 0 Å². The van der Waals surface area contributed by atoms with E-state index < -0.39 is 0 Å². The predicted molar refractivity (Wildman–Crippen MR) is 82.3 cm³/mol. The summed E-state index contributed by atoms with van der Waals surface area (Å²) in [6.07, 6.45) is 7.67. The number of likely N-dealkylation sites (tertiary alicyclic amines) is 2. The summed E-state index contributed by atoms with van der Waals surface area (Å²) in [4.78, 5) is 17.0. The lowest BCUT2D eigenvalue weighted by atomic mass is 10.0. The van der Waals surface area contributed by atoms with Gasteiger partial charge in [0.05, 0.1) is 12.6 Å². The SMILES string of the molecule is O=C(CN1CCC[C@@H](N2CCCC2)C1)NC[C@H]1CCCO1. The van der Waals surface area contributed by atoms with Crippen molar-refractivity contribution in [3.05, 3.63) is 0 Å². The van der Waals surface area contributed by atoms with Crippen molar-refractivity contribution in [1.82, 2.24) is 15.1 Å². The number of piperidine rings is 1. The van der Waals surface area contributed by atoms with Gasteiger partial charge in [-0.2, -0.15) is 0 Å². The predicted octanol–water partition coefficient (Wildman–Crippen LogP) is 0.842. The van der Waals surface area contributed by atoms with E-state index in [-0.39, 0.29) is 12.0 Å². The van der Waals surface area contributed by atoms with E-state index in [2.05, 4.69) is 15.1 Å². The number of hydrogen-bond donors (Lipinski definition) is 1. The molecular weight excluding hydrogens is 266 g/mol. The summed E-state index contributed by atoms with van der Waals surface area (Å²) in [7, 11) is 0. The molecule has 2 atom stereocenters. The number of nitrogens with zero attached hydrogens (tertiary/aromatic N) is 2. The third kappa shape index (κ3) is 4.41. The van der Waals surface area contributed by atoms with E-state index >= 15 is 0 Å². The number of ether oxygens (including phenoxy) is 1. The highest BCUT2D eigenvalue weighted by molar-refractivity contribution is 5.78. The molecule has 0 aliphatic carbocycles. The van der Waals surface area contributed by atoms with Crippen molar-refractivity contribution < 1.29 is 9.53 Å². The average molecular weight is 295 g/mol. The monoisotopic (exact) mass is 295 g/mol. The Labute approximate surface area is 128 Å². The van der Waals surface area contributed by atoms with Gasteiger partial charge in [-0.25, -0.2) is 0 Å². The van der Waals surface area contributed by atoms with E-state index in [0.29, 0.717) is 19.1 Å². The summed E-state index contributed by atoms with van der Waals surface area (Å²) in [5.41, 5.74) is 0. The standard InChI is InChI=1S/C16H29N3O2/c20-16(17-11-15-6-4-10-21-15)13-18-7-3-5-14(12-18)19-8-1-2-9-19/h14-15H,1-13H2,(H,17,20)/t14-,15-/m1/s1. The van der Waals surface area contributed by atoms with E-state index in [0.717, 1.165) is 32.5 Å². The van der Waals surface area contributed by atoms with Crippen LogP contribution in [0.2, 0.25) is 0 Å². The molecular formula is C16H29N3O2. The lowest BCUT2D eigenvalue weighted by molar-refractivity contribution is -0.123.